The van der Waals surface area contributed by atoms with Gasteiger partial charge in [-0.3, -0.25) is 9.59 Å². The monoisotopic (exact) mass is 282 g/mol. The molecule has 1 fully saturated rings. The molecular weight excluding hydrogens is 252 g/mol. The van der Waals surface area contributed by atoms with Gasteiger partial charge in [-0.15, -0.1) is 0 Å². The van der Waals surface area contributed by atoms with Crippen molar-refractivity contribution in [2.45, 2.75) is 84.2 Å². The van der Waals surface area contributed by atoms with E-state index in [9.17, 15) is 9.59 Å². The number of nitrogens with zero attached hydrogens (tertiary/aromatic N) is 1. The maximum Gasteiger partial charge on any atom is 0.245 e. The summed E-state index contributed by atoms with van der Waals surface area (Å²) >= 11 is 0. The molecule has 0 aromatic rings. The number of unbranched alkanes of at least 4 members (excludes halogenated alkanes) is 3. The van der Waals surface area contributed by atoms with Crippen molar-refractivity contribution in [2.24, 2.45) is 0 Å². The van der Waals surface area contributed by atoms with E-state index >= 15 is 0 Å². The predicted molar refractivity (Wildman–Crippen MR) is 81.4 cm³/mol. The molecule has 1 saturated heterocycles. The molecular formula is C16H30N2O2. The molecule has 0 saturated carbocycles. The second-order valence-corrected chi connectivity index (χ2v) is 5.89. The molecule has 2 amide bonds. The highest BCUT2D eigenvalue weighted by molar-refractivity contribution is 5.90. The standard InChI is InChI=1S/C16H30N2O2/c1-4-6-7-8-10-13(3)18-12-11-15(19)17-14(9-5-2)16(18)20/h13-14H,4-12H2,1-3H3,(H,17,19). The van der Waals surface area contributed by atoms with E-state index in [0.29, 0.717) is 13.0 Å². The van der Waals surface area contributed by atoms with Gasteiger partial charge in [-0.1, -0.05) is 46.0 Å². The zero-order valence-electron chi connectivity index (χ0n) is 13.3. The fourth-order valence-corrected chi connectivity index (χ4v) is 2.80. The van der Waals surface area contributed by atoms with Crippen LogP contribution in [0.5, 0.6) is 0 Å². The van der Waals surface area contributed by atoms with Crippen molar-refractivity contribution in [3.8, 4) is 0 Å². The van der Waals surface area contributed by atoms with Gasteiger partial charge in [-0.2, -0.15) is 0 Å². The van der Waals surface area contributed by atoms with Crippen LogP contribution >= 0.6 is 0 Å². The second kappa shape index (κ2) is 8.98. The van der Waals surface area contributed by atoms with Gasteiger partial charge in [0.1, 0.15) is 6.04 Å². The van der Waals surface area contributed by atoms with E-state index in [4.69, 9.17) is 0 Å². The molecule has 1 aliphatic rings. The highest BCUT2D eigenvalue weighted by Crippen LogP contribution is 2.16. The third-order valence-electron chi connectivity index (χ3n) is 4.08. The largest absolute Gasteiger partial charge is 0.344 e. The number of carbonyl (C=O) groups excluding carboxylic acids is 2. The lowest BCUT2D eigenvalue weighted by Crippen LogP contribution is -2.47. The number of nitrogens with one attached hydrogen (secondary N) is 1. The van der Waals surface area contributed by atoms with Crippen LogP contribution in [0.4, 0.5) is 0 Å². The lowest BCUT2D eigenvalue weighted by molar-refractivity contribution is -0.135. The minimum atomic E-state index is -0.312. The molecule has 1 aliphatic heterocycles. The van der Waals surface area contributed by atoms with Crippen LogP contribution in [0.2, 0.25) is 0 Å². The molecule has 0 bridgehead atoms. The fourth-order valence-electron chi connectivity index (χ4n) is 2.80. The normalized spacial score (nSPS) is 21.6. The molecule has 116 valence electrons. The molecule has 0 aliphatic carbocycles. The Balaban J connectivity index is 2.56. The van der Waals surface area contributed by atoms with Gasteiger partial charge in [-0.05, 0) is 19.8 Å². The molecule has 1 N–H and O–H groups in total. The van der Waals surface area contributed by atoms with Gasteiger partial charge < -0.3 is 10.2 Å². The van der Waals surface area contributed by atoms with Crippen LogP contribution in [0.1, 0.15) is 72.1 Å². The zero-order chi connectivity index (χ0) is 15.0. The van der Waals surface area contributed by atoms with Gasteiger partial charge in [0, 0.05) is 19.0 Å². The molecule has 1 rings (SSSR count). The molecule has 0 aromatic carbocycles. The zero-order valence-corrected chi connectivity index (χ0v) is 13.3. The topological polar surface area (TPSA) is 49.4 Å². The van der Waals surface area contributed by atoms with Crippen LogP contribution in [-0.2, 0) is 9.59 Å². The lowest BCUT2D eigenvalue weighted by Gasteiger charge is -2.30. The fraction of sp³-hybridized carbons (Fsp3) is 0.875. The summed E-state index contributed by atoms with van der Waals surface area (Å²) in [5.41, 5.74) is 0. The number of hydrogen-bond acceptors (Lipinski definition) is 2. The Morgan fingerprint density at radius 3 is 2.60 bits per heavy atom. The highest BCUT2D eigenvalue weighted by Gasteiger charge is 2.31. The van der Waals surface area contributed by atoms with Crippen LogP contribution in [0.25, 0.3) is 0 Å². The molecule has 2 unspecified atom stereocenters. The first-order valence-electron chi connectivity index (χ1n) is 8.20. The Labute approximate surface area is 123 Å². The lowest BCUT2D eigenvalue weighted by atomic mass is 10.1. The first-order valence-corrected chi connectivity index (χ1v) is 8.20. The van der Waals surface area contributed by atoms with Crippen LogP contribution in [0.15, 0.2) is 0 Å². The van der Waals surface area contributed by atoms with Crippen LogP contribution in [0.3, 0.4) is 0 Å². The van der Waals surface area contributed by atoms with Gasteiger partial charge in [0.05, 0.1) is 0 Å². The molecule has 0 aromatic heterocycles. The van der Waals surface area contributed by atoms with Crippen molar-refractivity contribution in [2.75, 3.05) is 6.54 Å². The summed E-state index contributed by atoms with van der Waals surface area (Å²) in [5.74, 6) is 0.123. The summed E-state index contributed by atoms with van der Waals surface area (Å²) in [6.45, 7) is 6.93. The summed E-state index contributed by atoms with van der Waals surface area (Å²) in [4.78, 5) is 26.1. The van der Waals surface area contributed by atoms with Crippen molar-refractivity contribution >= 4 is 11.8 Å². The molecule has 4 nitrogen and oxygen atoms in total. The molecule has 4 heteroatoms. The van der Waals surface area contributed by atoms with Crippen molar-refractivity contribution in [1.82, 2.24) is 10.2 Å². The molecule has 2 atom stereocenters. The highest BCUT2D eigenvalue weighted by atomic mass is 16.2. The van der Waals surface area contributed by atoms with Gasteiger partial charge in [0.25, 0.3) is 0 Å². The summed E-state index contributed by atoms with van der Waals surface area (Å²) in [6, 6.07) is -0.0699. The summed E-state index contributed by atoms with van der Waals surface area (Å²) < 4.78 is 0. The van der Waals surface area contributed by atoms with Gasteiger partial charge >= 0.3 is 0 Å². The van der Waals surface area contributed by atoms with E-state index in [1.807, 2.05) is 11.8 Å². The molecule has 0 radical (unpaired) electrons. The Bertz CT molecular complexity index is 318. The van der Waals surface area contributed by atoms with Gasteiger partial charge in [-0.25, -0.2) is 0 Å². The minimum absolute atomic E-state index is 0.0116. The quantitative estimate of drug-likeness (QED) is 0.696. The predicted octanol–water partition coefficient (Wildman–Crippen LogP) is 2.86. The van der Waals surface area contributed by atoms with E-state index in [2.05, 4.69) is 19.2 Å². The van der Waals surface area contributed by atoms with E-state index in [-0.39, 0.29) is 23.9 Å². The second-order valence-electron chi connectivity index (χ2n) is 5.89. The maximum absolute atomic E-state index is 12.5. The van der Waals surface area contributed by atoms with Crippen molar-refractivity contribution in [3.63, 3.8) is 0 Å². The van der Waals surface area contributed by atoms with Crippen LogP contribution < -0.4 is 5.32 Å². The van der Waals surface area contributed by atoms with E-state index < -0.39 is 0 Å². The molecule has 0 spiro atoms. The Morgan fingerprint density at radius 2 is 1.95 bits per heavy atom. The summed E-state index contributed by atoms with van der Waals surface area (Å²) in [7, 11) is 0. The summed E-state index contributed by atoms with van der Waals surface area (Å²) in [6.07, 6.45) is 8.02. The summed E-state index contributed by atoms with van der Waals surface area (Å²) in [5, 5.41) is 2.86. The number of amides is 2. The number of rotatable bonds is 8. The van der Waals surface area contributed by atoms with Crippen LogP contribution in [-0.4, -0.2) is 35.3 Å². The Morgan fingerprint density at radius 1 is 1.20 bits per heavy atom. The van der Waals surface area contributed by atoms with Gasteiger partial charge in [0.2, 0.25) is 11.8 Å². The first-order chi connectivity index (χ1) is 9.60. The SMILES string of the molecule is CCCCCCC(C)N1CCC(=O)NC(CCC)C1=O. The average Bonchev–Trinajstić information content (AvgIpc) is 2.55. The molecule has 1 heterocycles. The smallest absolute Gasteiger partial charge is 0.245 e. The van der Waals surface area contributed by atoms with E-state index in [1.54, 1.807) is 0 Å². The number of carbonyl (C=O) groups is 2. The van der Waals surface area contributed by atoms with E-state index in [0.717, 1.165) is 19.3 Å². The third kappa shape index (κ3) is 5.14. The first kappa shape index (κ1) is 17.0. The third-order valence-corrected chi connectivity index (χ3v) is 4.08. The maximum atomic E-state index is 12.5. The Kier molecular flexibility index (Phi) is 7.63. The average molecular weight is 282 g/mol. The van der Waals surface area contributed by atoms with Crippen LogP contribution in [0, 0.1) is 0 Å². The Hall–Kier alpha value is -1.06. The van der Waals surface area contributed by atoms with E-state index in [1.165, 1.54) is 25.7 Å². The van der Waals surface area contributed by atoms with Crippen molar-refractivity contribution in [1.29, 1.82) is 0 Å². The van der Waals surface area contributed by atoms with Gasteiger partial charge in [0.15, 0.2) is 0 Å². The van der Waals surface area contributed by atoms with Crippen molar-refractivity contribution < 1.29 is 9.59 Å². The number of hydrogen-bond donors (Lipinski definition) is 1. The molecule has 20 heavy (non-hydrogen) atoms. The minimum Gasteiger partial charge on any atom is -0.344 e. The van der Waals surface area contributed by atoms with Crippen molar-refractivity contribution in [3.05, 3.63) is 0 Å².